The van der Waals surface area contributed by atoms with Crippen molar-refractivity contribution in [1.82, 2.24) is 14.5 Å². The van der Waals surface area contributed by atoms with Crippen LogP contribution in [0.2, 0.25) is 0 Å². The Bertz CT molecular complexity index is 795. The Balaban J connectivity index is 1.60. The summed E-state index contributed by atoms with van der Waals surface area (Å²) in [5, 5.41) is 10.1. The molecule has 6 nitrogen and oxygen atoms in total. The van der Waals surface area contributed by atoms with Crippen molar-refractivity contribution >= 4 is 11.0 Å². The van der Waals surface area contributed by atoms with Crippen LogP contribution in [0.4, 0.5) is 0 Å². The van der Waals surface area contributed by atoms with Crippen molar-refractivity contribution in [3.8, 4) is 0 Å². The molecule has 3 rings (SSSR count). The number of nitrogens with zero attached hydrogens (tertiary/aromatic N) is 2. The summed E-state index contributed by atoms with van der Waals surface area (Å²) in [5.41, 5.74) is 2.17. The lowest BCUT2D eigenvalue weighted by molar-refractivity contribution is 0.0205. The van der Waals surface area contributed by atoms with Crippen LogP contribution < -0.4 is 5.69 Å². The average Bonchev–Trinajstić information content (AvgIpc) is 2.84. The highest BCUT2D eigenvalue weighted by atomic mass is 16.5. The molecule has 6 heteroatoms. The van der Waals surface area contributed by atoms with E-state index < -0.39 is 6.10 Å². The third-order valence-electron chi connectivity index (χ3n) is 3.39. The van der Waals surface area contributed by atoms with Crippen molar-refractivity contribution in [1.29, 1.82) is 0 Å². The van der Waals surface area contributed by atoms with Crippen molar-refractivity contribution in [2.45, 2.75) is 19.3 Å². The third-order valence-corrected chi connectivity index (χ3v) is 3.39. The fourth-order valence-corrected chi connectivity index (χ4v) is 2.33. The molecule has 114 valence electrons. The molecular weight excluding hydrogens is 282 g/mol. The number of fused-ring (bicyclic) bond motifs is 1. The maximum atomic E-state index is 11.9. The number of hydrogen-bond acceptors (Lipinski definition) is 4. The van der Waals surface area contributed by atoms with Crippen LogP contribution in [0.1, 0.15) is 5.56 Å². The topological polar surface area (TPSA) is 80.1 Å². The summed E-state index contributed by atoms with van der Waals surface area (Å²) < 4.78 is 6.96. The van der Waals surface area contributed by atoms with Gasteiger partial charge in [0, 0.05) is 6.20 Å². The van der Waals surface area contributed by atoms with Crippen LogP contribution in [0.5, 0.6) is 0 Å². The number of rotatable bonds is 6. The van der Waals surface area contributed by atoms with E-state index in [0.717, 1.165) is 5.56 Å². The quantitative estimate of drug-likeness (QED) is 0.719. The Hall–Kier alpha value is -2.44. The molecule has 2 aromatic heterocycles. The number of aromatic amines is 1. The summed E-state index contributed by atoms with van der Waals surface area (Å²) in [7, 11) is 0. The van der Waals surface area contributed by atoms with Gasteiger partial charge in [0.25, 0.3) is 0 Å². The summed E-state index contributed by atoms with van der Waals surface area (Å²) in [4.78, 5) is 18.6. The molecule has 0 spiro atoms. The molecule has 0 radical (unpaired) electrons. The summed E-state index contributed by atoms with van der Waals surface area (Å²) in [6.07, 6.45) is 2.45. The molecule has 3 aromatic rings. The van der Waals surface area contributed by atoms with Crippen LogP contribution in [-0.4, -0.2) is 32.4 Å². The maximum Gasteiger partial charge on any atom is 0.326 e. The van der Waals surface area contributed by atoms with Gasteiger partial charge in [0.05, 0.1) is 43.1 Å². The third kappa shape index (κ3) is 3.24. The van der Waals surface area contributed by atoms with Gasteiger partial charge in [-0.2, -0.15) is 0 Å². The first-order valence-corrected chi connectivity index (χ1v) is 7.06. The van der Waals surface area contributed by atoms with Crippen LogP contribution in [0, 0.1) is 0 Å². The second-order valence-electron chi connectivity index (χ2n) is 5.09. The molecule has 1 atom stereocenters. The standard InChI is InChI=1S/C16H17N3O3/c20-13(11-22-10-12-4-2-1-3-5-12)9-19-15-8-17-7-6-14(15)18-16(19)21/h1-8,13,20H,9-11H2,(H,18,21)/t13-/m0/s1. The molecule has 0 bridgehead atoms. The smallest absolute Gasteiger partial charge is 0.326 e. The second-order valence-corrected chi connectivity index (χ2v) is 5.09. The first kappa shape index (κ1) is 14.5. The zero-order valence-electron chi connectivity index (χ0n) is 12.0. The van der Waals surface area contributed by atoms with Crippen LogP contribution >= 0.6 is 0 Å². The molecule has 22 heavy (non-hydrogen) atoms. The van der Waals surface area contributed by atoms with Gasteiger partial charge in [0.2, 0.25) is 0 Å². The number of hydrogen-bond donors (Lipinski definition) is 2. The lowest BCUT2D eigenvalue weighted by Crippen LogP contribution is -2.27. The summed E-state index contributed by atoms with van der Waals surface area (Å²) in [5.74, 6) is 0. The van der Waals surface area contributed by atoms with Gasteiger partial charge in [0.1, 0.15) is 0 Å². The van der Waals surface area contributed by atoms with Gasteiger partial charge in [-0.1, -0.05) is 30.3 Å². The minimum Gasteiger partial charge on any atom is -0.389 e. The monoisotopic (exact) mass is 299 g/mol. The Morgan fingerprint density at radius 1 is 1.27 bits per heavy atom. The molecule has 0 aliphatic rings. The first-order valence-electron chi connectivity index (χ1n) is 7.06. The van der Waals surface area contributed by atoms with Gasteiger partial charge in [-0.3, -0.25) is 9.55 Å². The first-order chi connectivity index (χ1) is 10.7. The van der Waals surface area contributed by atoms with Gasteiger partial charge in [-0.25, -0.2) is 4.79 Å². The average molecular weight is 299 g/mol. The van der Waals surface area contributed by atoms with Crippen LogP contribution in [0.15, 0.2) is 53.6 Å². The number of ether oxygens (including phenoxy) is 1. The van der Waals surface area contributed by atoms with Crippen LogP contribution in [0.3, 0.4) is 0 Å². The van der Waals surface area contributed by atoms with E-state index >= 15 is 0 Å². The molecule has 2 N–H and O–H groups in total. The molecule has 0 fully saturated rings. The normalized spacial score (nSPS) is 12.6. The van der Waals surface area contributed by atoms with Crippen molar-refractivity contribution in [3.05, 3.63) is 64.8 Å². The van der Waals surface area contributed by atoms with E-state index in [4.69, 9.17) is 4.74 Å². The molecule has 0 amide bonds. The van der Waals surface area contributed by atoms with Gasteiger partial charge >= 0.3 is 5.69 Å². The molecule has 0 saturated heterocycles. The largest absolute Gasteiger partial charge is 0.389 e. The van der Waals surface area contributed by atoms with Gasteiger partial charge < -0.3 is 14.8 Å². The number of benzene rings is 1. The van der Waals surface area contributed by atoms with Crippen LogP contribution in [-0.2, 0) is 17.9 Å². The van der Waals surface area contributed by atoms with E-state index in [2.05, 4.69) is 9.97 Å². The SMILES string of the molecule is O=c1[nH]c2ccncc2n1C[C@H](O)COCc1ccccc1. The van der Waals surface area contributed by atoms with Crippen molar-refractivity contribution in [2.24, 2.45) is 0 Å². The number of imidazole rings is 1. The van der Waals surface area contributed by atoms with Crippen molar-refractivity contribution in [3.63, 3.8) is 0 Å². The maximum absolute atomic E-state index is 11.9. The van der Waals surface area contributed by atoms with Gasteiger partial charge in [0.15, 0.2) is 0 Å². The fourth-order valence-electron chi connectivity index (χ4n) is 2.33. The predicted molar refractivity (Wildman–Crippen MR) is 82.5 cm³/mol. The van der Waals surface area contributed by atoms with Gasteiger partial charge in [-0.05, 0) is 11.6 Å². The van der Waals surface area contributed by atoms with Gasteiger partial charge in [-0.15, -0.1) is 0 Å². The number of H-pyrrole nitrogens is 1. The van der Waals surface area contributed by atoms with E-state index in [1.807, 2.05) is 30.3 Å². The molecule has 0 unspecified atom stereocenters. The lowest BCUT2D eigenvalue weighted by atomic mass is 10.2. The molecular formula is C16H17N3O3. The highest BCUT2D eigenvalue weighted by Crippen LogP contribution is 2.08. The predicted octanol–water partition coefficient (Wildman–Crippen LogP) is 1.30. The number of aliphatic hydroxyl groups is 1. The Labute approximate surface area is 127 Å². The Morgan fingerprint density at radius 2 is 2.09 bits per heavy atom. The highest BCUT2D eigenvalue weighted by Gasteiger charge is 2.11. The van der Waals surface area contributed by atoms with E-state index in [-0.39, 0.29) is 18.8 Å². The molecule has 0 saturated carbocycles. The fraction of sp³-hybridized carbons (Fsp3) is 0.250. The van der Waals surface area contributed by atoms with E-state index in [9.17, 15) is 9.90 Å². The van der Waals surface area contributed by atoms with E-state index in [1.165, 1.54) is 4.57 Å². The number of pyridine rings is 1. The van der Waals surface area contributed by atoms with Crippen molar-refractivity contribution < 1.29 is 9.84 Å². The van der Waals surface area contributed by atoms with E-state index in [1.54, 1.807) is 18.5 Å². The molecule has 0 aliphatic heterocycles. The minimum atomic E-state index is -0.763. The highest BCUT2D eigenvalue weighted by molar-refractivity contribution is 5.73. The molecule has 0 aliphatic carbocycles. The van der Waals surface area contributed by atoms with E-state index in [0.29, 0.717) is 17.6 Å². The second kappa shape index (κ2) is 6.55. The zero-order valence-corrected chi connectivity index (χ0v) is 12.0. The Kier molecular flexibility index (Phi) is 4.32. The zero-order chi connectivity index (χ0) is 15.4. The van der Waals surface area contributed by atoms with Crippen LogP contribution in [0.25, 0.3) is 11.0 Å². The Morgan fingerprint density at radius 3 is 2.91 bits per heavy atom. The molecule has 1 aromatic carbocycles. The minimum absolute atomic E-state index is 0.161. The summed E-state index contributed by atoms with van der Waals surface area (Å²) in [6, 6.07) is 11.5. The molecule has 2 heterocycles. The number of aromatic nitrogens is 3. The summed E-state index contributed by atoms with van der Waals surface area (Å²) in [6.45, 7) is 0.760. The summed E-state index contributed by atoms with van der Waals surface area (Å²) >= 11 is 0. The number of aliphatic hydroxyl groups excluding tert-OH is 1. The van der Waals surface area contributed by atoms with Crippen molar-refractivity contribution in [2.75, 3.05) is 6.61 Å². The lowest BCUT2D eigenvalue weighted by Gasteiger charge is -2.12. The number of nitrogens with one attached hydrogen (secondary N) is 1.